The van der Waals surface area contributed by atoms with Crippen LogP contribution in [0.25, 0.3) is 0 Å². The van der Waals surface area contributed by atoms with E-state index in [2.05, 4.69) is 60.8 Å². The van der Waals surface area contributed by atoms with Gasteiger partial charge in [0.25, 0.3) is 0 Å². The molecule has 2 unspecified atom stereocenters. The average Bonchev–Trinajstić information content (AvgIpc) is 2.55. The van der Waals surface area contributed by atoms with Gasteiger partial charge in [-0.3, -0.25) is 4.79 Å². The second kappa shape index (κ2) is 13.4. The lowest BCUT2D eigenvalue weighted by atomic mass is 9.84. The van der Waals surface area contributed by atoms with Crippen molar-refractivity contribution in [3.63, 3.8) is 0 Å². The molecule has 1 saturated heterocycles. The molecular weight excluding hydrogens is 369 g/mol. The van der Waals surface area contributed by atoms with Gasteiger partial charge in [0.1, 0.15) is 0 Å². The second-order valence-electron chi connectivity index (χ2n) is 7.49. The van der Waals surface area contributed by atoms with Crippen molar-refractivity contribution in [1.29, 1.82) is 0 Å². The van der Waals surface area contributed by atoms with Crippen LogP contribution in [0.4, 0.5) is 0 Å². The van der Waals surface area contributed by atoms with Gasteiger partial charge in [-0.15, -0.1) is 24.8 Å². The van der Waals surface area contributed by atoms with Crippen LogP contribution < -0.4 is 10.6 Å². The van der Waals surface area contributed by atoms with Crippen LogP contribution in [0.1, 0.15) is 31.7 Å². The number of nitrogens with one attached hydrogen (secondary N) is 2. The van der Waals surface area contributed by atoms with E-state index < -0.39 is 0 Å². The van der Waals surface area contributed by atoms with Crippen LogP contribution in [-0.2, 0) is 11.2 Å². The maximum absolute atomic E-state index is 12.5. The first-order valence-electron chi connectivity index (χ1n) is 9.23. The summed E-state index contributed by atoms with van der Waals surface area (Å²) < 4.78 is 0. The molecule has 2 atom stereocenters. The molecule has 0 aromatic heterocycles. The Kier molecular flexibility index (Phi) is 13.0. The van der Waals surface area contributed by atoms with E-state index in [1.807, 2.05) is 6.07 Å². The highest BCUT2D eigenvalue weighted by molar-refractivity contribution is 5.85. The number of rotatable bonds is 8. The summed E-state index contributed by atoms with van der Waals surface area (Å²) in [6, 6.07) is 10.6. The summed E-state index contributed by atoms with van der Waals surface area (Å²) in [6.45, 7) is 5.28. The summed E-state index contributed by atoms with van der Waals surface area (Å²) in [4.78, 5) is 14.7. The fraction of sp³-hybridized carbons (Fsp3) is 0.650. The lowest BCUT2D eigenvalue weighted by molar-refractivity contribution is -0.123. The van der Waals surface area contributed by atoms with Gasteiger partial charge < -0.3 is 15.5 Å². The van der Waals surface area contributed by atoms with Gasteiger partial charge in [0.05, 0.1) is 0 Å². The lowest BCUT2D eigenvalue weighted by Crippen LogP contribution is -2.44. The summed E-state index contributed by atoms with van der Waals surface area (Å²) in [5, 5.41) is 6.67. The molecule has 6 heteroatoms. The van der Waals surface area contributed by atoms with Crippen molar-refractivity contribution in [2.24, 2.45) is 11.8 Å². The Bertz CT molecular complexity index is 493. The zero-order valence-electron chi connectivity index (χ0n) is 16.2. The van der Waals surface area contributed by atoms with Crippen molar-refractivity contribution >= 4 is 30.7 Å². The van der Waals surface area contributed by atoms with Crippen LogP contribution in [0.5, 0.6) is 0 Å². The largest absolute Gasteiger partial charge is 0.352 e. The number of piperidine rings is 1. The number of likely N-dealkylation sites (N-methyl/N-ethyl adjacent to an activating group) is 1. The maximum Gasteiger partial charge on any atom is 0.220 e. The molecule has 0 radical (unpaired) electrons. The minimum absolute atomic E-state index is 0. The Balaban J connectivity index is 0.00000312. The second-order valence-corrected chi connectivity index (χ2v) is 7.49. The normalized spacial score (nSPS) is 16.9. The van der Waals surface area contributed by atoms with Crippen molar-refractivity contribution in [1.82, 2.24) is 15.5 Å². The average molecular weight is 404 g/mol. The smallest absolute Gasteiger partial charge is 0.220 e. The third-order valence-corrected chi connectivity index (χ3v) is 4.97. The van der Waals surface area contributed by atoms with Crippen LogP contribution in [0.15, 0.2) is 30.3 Å². The molecule has 0 saturated carbocycles. The van der Waals surface area contributed by atoms with Crippen LogP contribution >= 0.6 is 24.8 Å². The third kappa shape index (κ3) is 9.22. The van der Waals surface area contributed by atoms with Crippen molar-refractivity contribution < 1.29 is 4.79 Å². The topological polar surface area (TPSA) is 44.4 Å². The lowest BCUT2D eigenvalue weighted by Gasteiger charge is -2.29. The molecule has 1 amide bonds. The van der Waals surface area contributed by atoms with Crippen LogP contribution in [0, 0.1) is 11.8 Å². The Morgan fingerprint density at radius 3 is 2.38 bits per heavy atom. The number of hydrogen-bond donors (Lipinski definition) is 2. The first-order valence-corrected chi connectivity index (χ1v) is 9.23. The number of benzene rings is 1. The molecule has 150 valence electrons. The summed E-state index contributed by atoms with van der Waals surface area (Å²) in [5.41, 5.74) is 1.27. The zero-order valence-corrected chi connectivity index (χ0v) is 17.9. The summed E-state index contributed by atoms with van der Waals surface area (Å²) in [5.74, 6) is 1.34. The number of carbonyl (C=O) groups is 1. The monoisotopic (exact) mass is 403 g/mol. The molecule has 4 nitrogen and oxygen atoms in total. The molecule has 26 heavy (non-hydrogen) atoms. The van der Waals surface area contributed by atoms with E-state index in [1.54, 1.807) is 0 Å². The number of nitrogens with zero attached hydrogens (tertiary/aromatic N) is 1. The molecule has 1 aromatic carbocycles. The first kappa shape index (κ1) is 25.2. The van der Waals surface area contributed by atoms with Gasteiger partial charge in [-0.2, -0.15) is 0 Å². The van der Waals surface area contributed by atoms with Crippen LogP contribution in [0.3, 0.4) is 0 Å². The fourth-order valence-electron chi connectivity index (χ4n) is 3.66. The molecule has 0 bridgehead atoms. The van der Waals surface area contributed by atoms with Crippen LogP contribution in [0.2, 0.25) is 0 Å². The number of hydrogen-bond acceptors (Lipinski definition) is 3. The van der Waals surface area contributed by atoms with Gasteiger partial charge in [-0.25, -0.2) is 0 Å². The third-order valence-electron chi connectivity index (χ3n) is 4.97. The van der Waals surface area contributed by atoms with E-state index in [9.17, 15) is 4.79 Å². The molecule has 1 aliphatic rings. The fourth-order valence-corrected chi connectivity index (χ4v) is 3.66. The molecule has 2 N–H and O–H groups in total. The first-order chi connectivity index (χ1) is 11.5. The van der Waals surface area contributed by atoms with Crippen molar-refractivity contribution in [3.8, 4) is 0 Å². The van der Waals surface area contributed by atoms with Crippen molar-refractivity contribution in [2.75, 3.05) is 33.7 Å². The molecule has 1 heterocycles. The van der Waals surface area contributed by atoms with Gasteiger partial charge in [0.2, 0.25) is 5.91 Å². The van der Waals surface area contributed by atoms with Crippen LogP contribution in [-0.4, -0.2) is 50.6 Å². The molecule has 0 spiro atoms. The Hall–Kier alpha value is -0.810. The minimum Gasteiger partial charge on any atom is -0.352 e. The van der Waals surface area contributed by atoms with Crippen molar-refractivity contribution in [2.45, 2.75) is 38.6 Å². The Morgan fingerprint density at radius 2 is 1.81 bits per heavy atom. The predicted molar refractivity (Wildman–Crippen MR) is 115 cm³/mol. The molecule has 1 fully saturated rings. The van der Waals surface area contributed by atoms with Gasteiger partial charge in [-0.05, 0) is 63.8 Å². The minimum atomic E-state index is 0. The highest BCUT2D eigenvalue weighted by Crippen LogP contribution is 2.24. The quantitative estimate of drug-likeness (QED) is 0.700. The van der Waals surface area contributed by atoms with E-state index in [0.717, 1.165) is 26.1 Å². The molecule has 1 aromatic rings. The highest BCUT2D eigenvalue weighted by atomic mass is 35.5. The highest BCUT2D eigenvalue weighted by Gasteiger charge is 2.23. The summed E-state index contributed by atoms with van der Waals surface area (Å²) in [6.07, 6.45) is 3.91. The molecular formula is C20H35Cl2N3O. The van der Waals surface area contributed by atoms with Gasteiger partial charge >= 0.3 is 0 Å². The Labute approximate surface area is 171 Å². The maximum atomic E-state index is 12.5. The summed E-state index contributed by atoms with van der Waals surface area (Å²) >= 11 is 0. The van der Waals surface area contributed by atoms with E-state index in [-0.39, 0.29) is 36.8 Å². The van der Waals surface area contributed by atoms with E-state index in [1.165, 1.54) is 18.4 Å². The number of halogens is 2. The van der Waals surface area contributed by atoms with Crippen molar-refractivity contribution in [3.05, 3.63) is 35.9 Å². The van der Waals surface area contributed by atoms with E-state index in [4.69, 9.17) is 0 Å². The number of amides is 1. The van der Waals surface area contributed by atoms with Gasteiger partial charge in [0, 0.05) is 19.0 Å². The standard InChI is InChI=1S/C20H33N3O.2ClH/c1-16(18-9-11-21-12-10-18)13-20(24)22-19(15-23(2)3)14-17-7-5-4-6-8-17;;/h4-8,16,18-19,21H,9-15H2,1-3H3,(H,22,24);2*1H. The molecule has 0 aliphatic carbocycles. The number of carbonyl (C=O) groups excluding carboxylic acids is 1. The van der Waals surface area contributed by atoms with E-state index >= 15 is 0 Å². The zero-order chi connectivity index (χ0) is 17.4. The SMILES string of the molecule is CC(CC(=O)NC(Cc1ccccc1)CN(C)C)C1CCNCC1.Cl.Cl. The summed E-state index contributed by atoms with van der Waals surface area (Å²) in [7, 11) is 4.11. The predicted octanol–water partition coefficient (Wildman–Crippen LogP) is 3.14. The van der Waals surface area contributed by atoms with Gasteiger partial charge in [0.15, 0.2) is 0 Å². The van der Waals surface area contributed by atoms with E-state index in [0.29, 0.717) is 18.3 Å². The van der Waals surface area contributed by atoms with Gasteiger partial charge in [-0.1, -0.05) is 37.3 Å². The molecule has 1 aliphatic heterocycles. The molecule has 2 rings (SSSR count). The Morgan fingerprint density at radius 1 is 1.19 bits per heavy atom.